The molecule has 1 saturated carbocycles. The van der Waals surface area contributed by atoms with Crippen LogP contribution < -0.4 is 0 Å². The first-order valence-corrected chi connectivity index (χ1v) is 8.69. The lowest BCUT2D eigenvalue weighted by molar-refractivity contribution is 0.0353. The Morgan fingerprint density at radius 1 is 1.57 bits per heavy atom. The predicted octanol–water partition coefficient (Wildman–Crippen LogP) is 2.29. The van der Waals surface area contributed by atoms with Crippen molar-refractivity contribution in [1.82, 2.24) is 10.1 Å². The fourth-order valence-electron chi connectivity index (χ4n) is 3.27. The Labute approximate surface area is 128 Å². The van der Waals surface area contributed by atoms with E-state index >= 15 is 0 Å². The highest BCUT2D eigenvalue weighted by Crippen LogP contribution is 2.46. The van der Waals surface area contributed by atoms with Gasteiger partial charge in [0.05, 0.1) is 10.9 Å². The standard InChI is InChI=1S/C15H20N2O3S/c1-2-19-11-6-15(21-7-11)8-17(9-15)14(18)12-5-13(20-16-12)10-3-4-10/h5,10-11H,2-4,6-9H2,1H3. The summed E-state index contributed by atoms with van der Waals surface area (Å²) >= 11 is 1.95. The fraction of sp³-hybridized carbons (Fsp3) is 0.733. The van der Waals surface area contributed by atoms with E-state index in [9.17, 15) is 4.79 Å². The third-order valence-electron chi connectivity index (χ3n) is 4.55. The van der Waals surface area contributed by atoms with Gasteiger partial charge in [0.2, 0.25) is 0 Å². The molecule has 1 aromatic heterocycles. The van der Waals surface area contributed by atoms with Gasteiger partial charge in [-0.3, -0.25) is 4.79 Å². The van der Waals surface area contributed by atoms with Crippen molar-refractivity contribution in [3.05, 3.63) is 17.5 Å². The Bertz CT molecular complexity index is 549. The summed E-state index contributed by atoms with van der Waals surface area (Å²) in [5.41, 5.74) is 0.469. The van der Waals surface area contributed by atoms with E-state index in [-0.39, 0.29) is 10.7 Å². The molecule has 1 atom stereocenters. The van der Waals surface area contributed by atoms with Gasteiger partial charge in [-0.15, -0.1) is 11.8 Å². The molecule has 1 aliphatic carbocycles. The first kappa shape index (κ1) is 13.6. The molecule has 4 rings (SSSR count). The van der Waals surface area contributed by atoms with Crippen molar-refractivity contribution in [2.24, 2.45) is 0 Å². The topological polar surface area (TPSA) is 55.6 Å². The van der Waals surface area contributed by atoms with E-state index in [1.54, 1.807) is 0 Å². The van der Waals surface area contributed by atoms with Crippen molar-refractivity contribution in [3.63, 3.8) is 0 Å². The molecule has 1 unspecified atom stereocenters. The van der Waals surface area contributed by atoms with E-state index in [1.807, 2.05) is 29.7 Å². The highest BCUT2D eigenvalue weighted by Gasteiger charge is 2.51. The maximum absolute atomic E-state index is 12.4. The van der Waals surface area contributed by atoms with Gasteiger partial charge in [-0.1, -0.05) is 5.16 Å². The minimum absolute atomic E-state index is 0.0109. The van der Waals surface area contributed by atoms with Crippen LogP contribution in [-0.2, 0) is 4.74 Å². The van der Waals surface area contributed by atoms with E-state index in [1.165, 1.54) is 0 Å². The Balaban J connectivity index is 1.35. The number of ether oxygens (including phenoxy) is 1. The minimum atomic E-state index is 0.0109. The number of rotatable bonds is 4. The quantitative estimate of drug-likeness (QED) is 0.854. The summed E-state index contributed by atoms with van der Waals surface area (Å²) < 4.78 is 11.2. The monoisotopic (exact) mass is 308 g/mol. The molecule has 0 aromatic carbocycles. The molecule has 6 heteroatoms. The fourth-order valence-corrected chi connectivity index (χ4v) is 4.82. The highest BCUT2D eigenvalue weighted by atomic mass is 32.2. The van der Waals surface area contributed by atoms with Crippen LogP contribution in [0.15, 0.2) is 10.6 Å². The summed E-state index contributed by atoms with van der Waals surface area (Å²) in [4.78, 5) is 14.3. The molecular formula is C15H20N2O3S. The Hall–Kier alpha value is -1.01. The molecule has 21 heavy (non-hydrogen) atoms. The van der Waals surface area contributed by atoms with Crippen molar-refractivity contribution >= 4 is 17.7 Å². The predicted molar refractivity (Wildman–Crippen MR) is 79.6 cm³/mol. The second-order valence-corrected chi connectivity index (χ2v) is 7.81. The van der Waals surface area contributed by atoms with Crippen LogP contribution in [0, 0.1) is 0 Å². The van der Waals surface area contributed by atoms with E-state index in [4.69, 9.17) is 9.26 Å². The second kappa shape index (κ2) is 5.02. The molecule has 0 N–H and O–H groups in total. The van der Waals surface area contributed by atoms with Gasteiger partial charge < -0.3 is 14.2 Å². The van der Waals surface area contributed by atoms with E-state index in [0.29, 0.717) is 17.7 Å². The first-order valence-electron chi connectivity index (χ1n) is 7.70. The molecule has 114 valence electrons. The number of carbonyl (C=O) groups excluding carboxylic acids is 1. The first-order chi connectivity index (χ1) is 10.2. The van der Waals surface area contributed by atoms with Gasteiger partial charge >= 0.3 is 0 Å². The highest BCUT2D eigenvalue weighted by molar-refractivity contribution is 8.01. The van der Waals surface area contributed by atoms with Crippen molar-refractivity contribution in [1.29, 1.82) is 0 Å². The van der Waals surface area contributed by atoms with Crippen LogP contribution in [0.3, 0.4) is 0 Å². The maximum atomic E-state index is 12.4. The SMILES string of the molecule is CCOC1CSC2(C1)CN(C(=O)c1cc(C3CC3)on1)C2. The van der Waals surface area contributed by atoms with Crippen LogP contribution in [0.25, 0.3) is 0 Å². The minimum Gasteiger partial charge on any atom is -0.378 e. The average molecular weight is 308 g/mol. The number of hydrogen-bond donors (Lipinski definition) is 0. The van der Waals surface area contributed by atoms with Gasteiger partial charge in [0, 0.05) is 37.4 Å². The Morgan fingerprint density at radius 2 is 2.38 bits per heavy atom. The summed E-state index contributed by atoms with van der Waals surface area (Å²) in [5.74, 6) is 2.43. The molecule has 1 amide bonds. The Kier molecular flexibility index (Phi) is 3.26. The summed E-state index contributed by atoms with van der Waals surface area (Å²) in [6, 6.07) is 1.83. The number of aromatic nitrogens is 1. The van der Waals surface area contributed by atoms with E-state index in [0.717, 1.165) is 50.5 Å². The van der Waals surface area contributed by atoms with Gasteiger partial charge in [-0.2, -0.15) is 0 Å². The Morgan fingerprint density at radius 3 is 3.10 bits per heavy atom. The number of carbonyl (C=O) groups is 1. The van der Waals surface area contributed by atoms with Gasteiger partial charge in [-0.05, 0) is 26.2 Å². The van der Waals surface area contributed by atoms with Gasteiger partial charge in [-0.25, -0.2) is 0 Å². The summed E-state index contributed by atoms with van der Waals surface area (Å²) in [6.07, 6.45) is 3.73. The zero-order valence-electron chi connectivity index (χ0n) is 12.2. The average Bonchev–Trinajstić information content (AvgIpc) is 3.01. The van der Waals surface area contributed by atoms with Gasteiger partial charge in [0.15, 0.2) is 5.69 Å². The second-order valence-electron chi connectivity index (χ2n) is 6.33. The van der Waals surface area contributed by atoms with Crippen molar-refractivity contribution in [2.75, 3.05) is 25.4 Å². The number of hydrogen-bond acceptors (Lipinski definition) is 5. The molecule has 2 saturated heterocycles. The maximum Gasteiger partial charge on any atom is 0.276 e. The van der Waals surface area contributed by atoms with Crippen molar-refractivity contribution in [3.8, 4) is 0 Å². The normalized spacial score (nSPS) is 27.1. The van der Waals surface area contributed by atoms with Crippen LogP contribution in [0.1, 0.15) is 48.4 Å². The van der Waals surface area contributed by atoms with Crippen LogP contribution in [0.2, 0.25) is 0 Å². The third kappa shape index (κ3) is 2.48. The van der Waals surface area contributed by atoms with Gasteiger partial charge in [0.25, 0.3) is 5.91 Å². The molecular weight excluding hydrogens is 288 g/mol. The summed E-state index contributed by atoms with van der Waals surface area (Å²) in [6.45, 7) is 4.43. The molecule has 3 heterocycles. The number of thioether (sulfide) groups is 1. The summed E-state index contributed by atoms with van der Waals surface area (Å²) in [7, 11) is 0. The van der Waals surface area contributed by atoms with E-state index in [2.05, 4.69) is 5.16 Å². The molecule has 1 spiro atoms. The zero-order valence-corrected chi connectivity index (χ0v) is 13.0. The molecule has 0 radical (unpaired) electrons. The van der Waals surface area contributed by atoms with E-state index < -0.39 is 0 Å². The van der Waals surface area contributed by atoms with Crippen LogP contribution in [-0.4, -0.2) is 52.3 Å². The molecule has 0 bridgehead atoms. The smallest absolute Gasteiger partial charge is 0.276 e. The number of amides is 1. The van der Waals surface area contributed by atoms with Crippen LogP contribution in [0.5, 0.6) is 0 Å². The largest absolute Gasteiger partial charge is 0.378 e. The molecule has 3 aliphatic rings. The molecule has 1 aromatic rings. The van der Waals surface area contributed by atoms with Crippen molar-refractivity contribution in [2.45, 2.75) is 43.0 Å². The lowest BCUT2D eigenvalue weighted by Gasteiger charge is -2.47. The van der Waals surface area contributed by atoms with Gasteiger partial charge in [0.1, 0.15) is 5.76 Å². The van der Waals surface area contributed by atoms with Crippen molar-refractivity contribution < 1.29 is 14.1 Å². The number of nitrogens with zero attached hydrogens (tertiary/aromatic N) is 2. The third-order valence-corrected chi connectivity index (χ3v) is 6.13. The molecule has 5 nitrogen and oxygen atoms in total. The zero-order chi connectivity index (χ0) is 14.4. The molecule has 3 fully saturated rings. The van der Waals surface area contributed by atoms with Crippen LogP contribution in [0.4, 0.5) is 0 Å². The summed E-state index contributed by atoms with van der Waals surface area (Å²) in [5, 5.41) is 3.94. The molecule has 2 aliphatic heterocycles. The number of likely N-dealkylation sites (tertiary alicyclic amines) is 1. The lowest BCUT2D eigenvalue weighted by Crippen LogP contribution is -2.60. The lowest BCUT2D eigenvalue weighted by atomic mass is 9.92. The van der Waals surface area contributed by atoms with Crippen LogP contribution >= 0.6 is 11.8 Å².